The van der Waals surface area contributed by atoms with E-state index in [2.05, 4.69) is 26.0 Å². The molecule has 0 fully saturated rings. The van der Waals surface area contributed by atoms with Gasteiger partial charge in [0.2, 0.25) is 0 Å². The number of anilines is 1. The molecule has 0 saturated heterocycles. The number of methoxy groups -OCH3 is 1. The highest BCUT2D eigenvalue weighted by atomic mass is 79.9. The van der Waals surface area contributed by atoms with Crippen molar-refractivity contribution in [3.63, 3.8) is 0 Å². The maximum atomic E-state index is 12.3. The molecule has 7 heteroatoms. The van der Waals surface area contributed by atoms with Gasteiger partial charge in [0.25, 0.3) is 0 Å². The van der Waals surface area contributed by atoms with Crippen molar-refractivity contribution in [3.05, 3.63) is 39.0 Å². The summed E-state index contributed by atoms with van der Waals surface area (Å²) in [6, 6.07) is 8.78. The predicted octanol–water partition coefficient (Wildman–Crippen LogP) is 4.73. The van der Waals surface area contributed by atoms with Crippen molar-refractivity contribution >= 4 is 33.0 Å². The Bertz CT molecular complexity index is 577. The van der Waals surface area contributed by atoms with E-state index >= 15 is 0 Å². The smallest absolute Gasteiger partial charge is 0.387 e. The highest BCUT2D eigenvalue weighted by Gasteiger charge is 2.11. The maximum absolute atomic E-state index is 12.3. The number of nitrogens with one attached hydrogen (secondary N) is 1. The minimum absolute atomic E-state index is 0.0138. The van der Waals surface area contributed by atoms with E-state index in [1.54, 1.807) is 23.5 Å². The molecular weight excluding hydrogens is 352 g/mol. The predicted molar refractivity (Wildman–Crippen MR) is 79.0 cm³/mol. The standard InChI is InChI=1S/C13H12BrF2NO2S/c1-18-10-4-2-8(6-11(10)19-13(15)16)17-7-9-3-5-12(14)20-9/h2-6,13,17H,7H2,1H3. The molecule has 20 heavy (non-hydrogen) atoms. The van der Waals surface area contributed by atoms with Crippen LogP contribution in [0, 0.1) is 0 Å². The Labute approximate surface area is 127 Å². The van der Waals surface area contributed by atoms with Gasteiger partial charge in [0.15, 0.2) is 11.5 Å². The number of alkyl halides is 2. The second-order valence-electron chi connectivity index (χ2n) is 3.80. The number of hydrogen-bond acceptors (Lipinski definition) is 4. The van der Waals surface area contributed by atoms with Gasteiger partial charge in [-0.3, -0.25) is 0 Å². The maximum Gasteiger partial charge on any atom is 0.387 e. The average Bonchev–Trinajstić information content (AvgIpc) is 2.82. The number of halogens is 3. The van der Waals surface area contributed by atoms with Gasteiger partial charge in [-0.05, 0) is 40.2 Å². The van der Waals surface area contributed by atoms with Gasteiger partial charge in [-0.25, -0.2) is 0 Å². The topological polar surface area (TPSA) is 30.5 Å². The Balaban J connectivity index is 2.07. The third-order valence-electron chi connectivity index (χ3n) is 2.48. The van der Waals surface area contributed by atoms with Gasteiger partial charge in [0.1, 0.15) is 0 Å². The third kappa shape index (κ3) is 4.08. The van der Waals surface area contributed by atoms with Crippen molar-refractivity contribution in [1.29, 1.82) is 0 Å². The second-order valence-corrected chi connectivity index (χ2v) is 6.35. The molecule has 0 spiro atoms. The van der Waals surface area contributed by atoms with Crippen molar-refractivity contribution in [2.24, 2.45) is 0 Å². The van der Waals surface area contributed by atoms with E-state index in [1.807, 2.05) is 12.1 Å². The summed E-state index contributed by atoms with van der Waals surface area (Å²) in [6.07, 6.45) is 0. The van der Waals surface area contributed by atoms with Gasteiger partial charge in [-0.15, -0.1) is 11.3 Å². The fraction of sp³-hybridized carbons (Fsp3) is 0.231. The van der Waals surface area contributed by atoms with Crippen LogP contribution in [-0.2, 0) is 6.54 Å². The molecule has 0 bridgehead atoms. The van der Waals surface area contributed by atoms with Crippen molar-refractivity contribution in [2.45, 2.75) is 13.2 Å². The summed E-state index contributed by atoms with van der Waals surface area (Å²) >= 11 is 4.99. The molecule has 0 saturated carbocycles. The van der Waals surface area contributed by atoms with E-state index in [0.717, 1.165) is 8.66 Å². The molecule has 0 aliphatic carbocycles. The van der Waals surface area contributed by atoms with Crippen molar-refractivity contribution in [3.8, 4) is 11.5 Å². The van der Waals surface area contributed by atoms with Crippen LogP contribution in [0.25, 0.3) is 0 Å². The summed E-state index contributed by atoms with van der Waals surface area (Å²) in [5.41, 5.74) is 0.686. The first-order valence-electron chi connectivity index (χ1n) is 5.69. The van der Waals surface area contributed by atoms with E-state index in [0.29, 0.717) is 12.2 Å². The minimum Gasteiger partial charge on any atom is -0.493 e. The van der Waals surface area contributed by atoms with Gasteiger partial charge in [-0.2, -0.15) is 8.78 Å². The van der Waals surface area contributed by atoms with Crippen LogP contribution in [0.5, 0.6) is 11.5 Å². The fourth-order valence-electron chi connectivity index (χ4n) is 1.61. The first-order valence-corrected chi connectivity index (χ1v) is 7.30. The molecule has 0 radical (unpaired) electrons. The number of ether oxygens (including phenoxy) is 2. The summed E-state index contributed by atoms with van der Waals surface area (Å²) in [4.78, 5) is 1.13. The monoisotopic (exact) mass is 363 g/mol. The lowest BCUT2D eigenvalue weighted by Gasteiger charge is -2.12. The van der Waals surface area contributed by atoms with Gasteiger partial charge < -0.3 is 14.8 Å². The van der Waals surface area contributed by atoms with E-state index in [4.69, 9.17) is 4.74 Å². The molecule has 1 aromatic heterocycles. The molecule has 2 rings (SSSR count). The summed E-state index contributed by atoms with van der Waals surface area (Å²) in [5, 5.41) is 3.15. The number of benzene rings is 1. The molecule has 1 heterocycles. The second kappa shape index (κ2) is 6.90. The van der Waals surface area contributed by atoms with E-state index in [1.165, 1.54) is 13.2 Å². The van der Waals surface area contributed by atoms with Crippen LogP contribution in [-0.4, -0.2) is 13.7 Å². The zero-order valence-electron chi connectivity index (χ0n) is 10.5. The molecule has 0 unspecified atom stereocenters. The first-order chi connectivity index (χ1) is 9.58. The molecule has 2 aromatic rings. The molecule has 108 valence electrons. The van der Waals surface area contributed by atoms with E-state index in [-0.39, 0.29) is 11.5 Å². The van der Waals surface area contributed by atoms with E-state index < -0.39 is 6.61 Å². The van der Waals surface area contributed by atoms with Crippen LogP contribution in [0.15, 0.2) is 34.1 Å². The lowest BCUT2D eigenvalue weighted by atomic mass is 10.2. The molecule has 0 atom stereocenters. The highest BCUT2D eigenvalue weighted by molar-refractivity contribution is 9.11. The largest absolute Gasteiger partial charge is 0.493 e. The lowest BCUT2D eigenvalue weighted by Crippen LogP contribution is -2.04. The average molecular weight is 364 g/mol. The van der Waals surface area contributed by atoms with Crippen molar-refractivity contribution in [2.75, 3.05) is 12.4 Å². The molecular formula is C13H12BrF2NO2S. The van der Waals surface area contributed by atoms with E-state index in [9.17, 15) is 8.78 Å². The Morgan fingerprint density at radius 3 is 2.65 bits per heavy atom. The van der Waals surface area contributed by atoms with Crippen LogP contribution in [0.1, 0.15) is 4.88 Å². The summed E-state index contributed by atoms with van der Waals surface area (Å²) in [5.74, 6) is 0.287. The quantitative estimate of drug-likeness (QED) is 0.804. The molecule has 0 amide bonds. The normalized spacial score (nSPS) is 10.7. The summed E-state index contributed by atoms with van der Waals surface area (Å²) < 4.78 is 35.1. The van der Waals surface area contributed by atoms with Crippen molar-refractivity contribution < 1.29 is 18.3 Å². The SMILES string of the molecule is COc1ccc(NCc2ccc(Br)s2)cc1OC(F)F. The van der Waals surface area contributed by atoms with Gasteiger partial charge in [-0.1, -0.05) is 0 Å². The molecule has 1 N–H and O–H groups in total. The fourth-order valence-corrected chi connectivity index (χ4v) is 3.03. The summed E-state index contributed by atoms with van der Waals surface area (Å²) in [7, 11) is 1.41. The minimum atomic E-state index is -2.88. The molecule has 0 aliphatic heterocycles. The molecule has 0 aliphatic rings. The molecule has 1 aromatic carbocycles. The van der Waals surface area contributed by atoms with Crippen molar-refractivity contribution in [1.82, 2.24) is 0 Å². The Hall–Kier alpha value is -1.34. The Kier molecular flexibility index (Phi) is 5.19. The van der Waals surface area contributed by atoms with Crippen LogP contribution < -0.4 is 14.8 Å². The number of rotatable bonds is 6. The highest BCUT2D eigenvalue weighted by Crippen LogP contribution is 2.32. The van der Waals surface area contributed by atoms with Crippen LogP contribution >= 0.6 is 27.3 Å². The third-order valence-corrected chi connectivity index (χ3v) is 4.10. The zero-order chi connectivity index (χ0) is 14.5. The number of hydrogen-bond donors (Lipinski definition) is 1. The Morgan fingerprint density at radius 2 is 2.05 bits per heavy atom. The van der Waals surface area contributed by atoms with Crippen LogP contribution in [0.3, 0.4) is 0 Å². The lowest BCUT2D eigenvalue weighted by molar-refractivity contribution is -0.0511. The van der Waals surface area contributed by atoms with Crippen LogP contribution in [0.4, 0.5) is 14.5 Å². The van der Waals surface area contributed by atoms with Gasteiger partial charge >= 0.3 is 6.61 Å². The first kappa shape index (κ1) is 15.1. The van der Waals surface area contributed by atoms with Gasteiger partial charge in [0, 0.05) is 23.2 Å². The Morgan fingerprint density at radius 1 is 1.25 bits per heavy atom. The summed E-state index contributed by atoms with van der Waals surface area (Å²) in [6.45, 7) is -2.27. The van der Waals surface area contributed by atoms with Gasteiger partial charge in [0.05, 0.1) is 10.9 Å². The molecule has 3 nitrogen and oxygen atoms in total. The number of thiophene rings is 1. The van der Waals surface area contributed by atoms with Crippen LogP contribution in [0.2, 0.25) is 0 Å². The zero-order valence-corrected chi connectivity index (χ0v) is 12.9.